The number of carbonyl (C=O) groups is 1. The summed E-state index contributed by atoms with van der Waals surface area (Å²) in [5.41, 5.74) is 0.578. The minimum atomic E-state index is 0.578. The normalized spacial score (nSPS) is 14.6. The maximum Gasteiger partial charge on any atom is 0.162 e. The van der Waals surface area contributed by atoms with Crippen LogP contribution in [0.25, 0.3) is 0 Å². The van der Waals surface area contributed by atoms with Gasteiger partial charge < -0.3 is 9.47 Å². The van der Waals surface area contributed by atoms with E-state index in [-0.39, 0.29) is 0 Å². The number of benzene rings is 1. The van der Waals surface area contributed by atoms with Crippen LogP contribution in [0, 0.1) is 0 Å². The predicted octanol–water partition coefficient (Wildman–Crippen LogP) is 2.42. The summed E-state index contributed by atoms with van der Waals surface area (Å²) in [4.78, 5) is 10.7. The molecule has 1 aromatic carbocycles. The van der Waals surface area contributed by atoms with Gasteiger partial charge in [-0.25, -0.2) is 0 Å². The second kappa shape index (κ2) is 4.00. The first kappa shape index (κ1) is 9.52. The van der Waals surface area contributed by atoms with Crippen molar-refractivity contribution in [3.05, 3.63) is 22.2 Å². The lowest BCUT2D eigenvalue weighted by Gasteiger charge is -2.08. The third kappa shape index (κ3) is 1.75. The number of halogens is 1. The molecule has 3 nitrogen and oxygen atoms in total. The Labute approximate surface area is 90.1 Å². The van der Waals surface area contributed by atoms with Crippen molar-refractivity contribution in [2.24, 2.45) is 0 Å². The van der Waals surface area contributed by atoms with Crippen LogP contribution >= 0.6 is 15.9 Å². The molecule has 0 spiro atoms. The highest BCUT2D eigenvalue weighted by atomic mass is 79.9. The molecular formula is C10H9BrO3. The Morgan fingerprint density at radius 2 is 1.86 bits per heavy atom. The summed E-state index contributed by atoms with van der Waals surface area (Å²) in [7, 11) is 0. The predicted molar refractivity (Wildman–Crippen MR) is 55.1 cm³/mol. The fourth-order valence-corrected chi connectivity index (χ4v) is 1.71. The summed E-state index contributed by atoms with van der Waals surface area (Å²) in [5, 5.41) is 0. The number of ether oxygens (including phenoxy) is 2. The first-order chi connectivity index (χ1) is 6.81. The molecule has 0 saturated heterocycles. The number of carbonyl (C=O) groups excluding carboxylic acids is 1. The van der Waals surface area contributed by atoms with Crippen LogP contribution in [-0.4, -0.2) is 19.5 Å². The summed E-state index contributed by atoms with van der Waals surface area (Å²) < 4.78 is 11.6. The SMILES string of the molecule is O=Cc1cc2c(cc1Br)OCCCO2. The summed E-state index contributed by atoms with van der Waals surface area (Å²) >= 11 is 3.29. The fraction of sp³-hybridized carbons (Fsp3) is 0.300. The quantitative estimate of drug-likeness (QED) is 0.725. The molecule has 0 amide bonds. The van der Waals surface area contributed by atoms with Gasteiger partial charge in [0.15, 0.2) is 17.8 Å². The Morgan fingerprint density at radius 1 is 1.21 bits per heavy atom. The van der Waals surface area contributed by atoms with Crippen LogP contribution in [0.1, 0.15) is 16.8 Å². The van der Waals surface area contributed by atoms with E-state index in [2.05, 4.69) is 15.9 Å². The lowest BCUT2D eigenvalue weighted by molar-refractivity contribution is 0.112. The zero-order chi connectivity index (χ0) is 9.97. The first-order valence-electron chi connectivity index (χ1n) is 4.35. The van der Waals surface area contributed by atoms with Crippen molar-refractivity contribution in [2.75, 3.05) is 13.2 Å². The van der Waals surface area contributed by atoms with Crippen LogP contribution in [0.5, 0.6) is 11.5 Å². The molecule has 1 heterocycles. The fourth-order valence-electron chi connectivity index (χ4n) is 1.29. The van der Waals surface area contributed by atoms with Crippen LogP contribution in [0.15, 0.2) is 16.6 Å². The topological polar surface area (TPSA) is 35.5 Å². The Kier molecular flexibility index (Phi) is 2.72. The van der Waals surface area contributed by atoms with Gasteiger partial charge in [0, 0.05) is 16.5 Å². The highest BCUT2D eigenvalue weighted by Gasteiger charge is 2.13. The standard InChI is InChI=1S/C10H9BrO3/c11-8-5-10-9(4-7(8)6-12)13-2-1-3-14-10/h4-6H,1-3H2. The first-order valence-corrected chi connectivity index (χ1v) is 5.15. The molecule has 0 aliphatic carbocycles. The Morgan fingerprint density at radius 3 is 2.50 bits per heavy atom. The number of fused-ring (bicyclic) bond motifs is 1. The molecule has 0 saturated carbocycles. The molecule has 4 heteroatoms. The number of hydrogen-bond acceptors (Lipinski definition) is 3. The second-order valence-corrected chi connectivity index (χ2v) is 3.84. The Balaban J connectivity index is 2.45. The van der Waals surface area contributed by atoms with Gasteiger partial charge in [-0.1, -0.05) is 0 Å². The van der Waals surface area contributed by atoms with E-state index in [1.54, 1.807) is 12.1 Å². The van der Waals surface area contributed by atoms with E-state index >= 15 is 0 Å². The monoisotopic (exact) mass is 256 g/mol. The summed E-state index contributed by atoms with van der Waals surface area (Å²) in [6.45, 7) is 1.28. The largest absolute Gasteiger partial charge is 0.490 e. The van der Waals surface area contributed by atoms with E-state index in [0.717, 1.165) is 17.2 Å². The minimum Gasteiger partial charge on any atom is -0.490 e. The average molecular weight is 257 g/mol. The number of hydrogen-bond donors (Lipinski definition) is 0. The lowest BCUT2D eigenvalue weighted by atomic mass is 10.2. The molecule has 0 aromatic heterocycles. The second-order valence-electron chi connectivity index (χ2n) is 2.99. The third-order valence-corrected chi connectivity index (χ3v) is 2.68. The molecule has 0 N–H and O–H groups in total. The highest BCUT2D eigenvalue weighted by molar-refractivity contribution is 9.10. The van der Waals surface area contributed by atoms with Gasteiger partial charge in [-0.3, -0.25) is 4.79 Å². The molecule has 1 aliphatic heterocycles. The maximum atomic E-state index is 10.7. The van der Waals surface area contributed by atoms with E-state index < -0.39 is 0 Å². The zero-order valence-corrected chi connectivity index (χ0v) is 9.04. The third-order valence-electron chi connectivity index (χ3n) is 1.99. The van der Waals surface area contributed by atoms with Gasteiger partial charge in [-0.05, 0) is 28.1 Å². The van der Waals surface area contributed by atoms with Crippen molar-refractivity contribution < 1.29 is 14.3 Å². The lowest BCUT2D eigenvalue weighted by Crippen LogP contribution is -1.97. The van der Waals surface area contributed by atoms with Gasteiger partial charge in [-0.15, -0.1) is 0 Å². The molecular weight excluding hydrogens is 248 g/mol. The van der Waals surface area contributed by atoms with Gasteiger partial charge in [0.1, 0.15) is 0 Å². The van der Waals surface area contributed by atoms with E-state index in [1.807, 2.05) is 0 Å². The highest BCUT2D eigenvalue weighted by Crippen LogP contribution is 2.34. The maximum absolute atomic E-state index is 10.7. The van der Waals surface area contributed by atoms with Crippen LogP contribution in [0.3, 0.4) is 0 Å². The summed E-state index contributed by atoms with van der Waals surface area (Å²) in [6, 6.07) is 3.46. The molecule has 2 rings (SSSR count). The van der Waals surface area contributed by atoms with E-state index in [1.165, 1.54) is 0 Å². The summed E-state index contributed by atoms with van der Waals surface area (Å²) in [5.74, 6) is 1.34. The van der Waals surface area contributed by atoms with Crippen molar-refractivity contribution in [2.45, 2.75) is 6.42 Å². The van der Waals surface area contributed by atoms with Gasteiger partial charge in [-0.2, -0.15) is 0 Å². The van der Waals surface area contributed by atoms with Crippen LogP contribution < -0.4 is 9.47 Å². The molecule has 14 heavy (non-hydrogen) atoms. The Bertz CT molecular complexity index is 363. The van der Waals surface area contributed by atoms with Gasteiger partial charge in [0.2, 0.25) is 0 Å². The molecule has 0 atom stereocenters. The van der Waals surface area contributed by atoms with Gasteiger partial charge in [0.25, 0.3) is 0 Å². The molecule has 0 bridgehead atoms. The molecule has 0 radical (unpaired) electrons. The average Bonchev–Trinajstić information content (AvgIpc) is 2.41. The van der Waals surface area contributed by atoms with Crippen LogP contribution in [0.4, 0.5) is 0 Å². The molecule has 74 valence electrons. The smallest absolute Gasteiger partial charge is 0.162 e. The van der Waals surface area contributed by atoms with Crippen LogP contribution in [0.2, 0.25) is 0 Å². The van der Waals surface area contributed by atoms with Crippen molar-refractivity contribution in [3.8, 4) is 11.5 Å². The van der Waals surface area contributed by atoms with Crippen molar-refractivity contribution >= 4 is 22.2 Å². The van der Waals surface area contributed by atoms with Crippen molar-refractivity contribution in [1.29, 1.82) is 0 Å². The molecule has 1 aromatic rings. The van der Waals surface area contributed by atoms with Crippen molar-refractivity contribution in [3.63, 3.8) is 0 Å². The Hall–Kier alpha value is -1.03. The van der Waals surface area contributed by atoms with Crippen molar-refractivity contribution in [1.82, 2.24) is 0 Å². The number of rotatable bonds is 1. The van der Waals surface area contributed by atoms with E-state index in [0.29, 0.717) is 30.3 Å². The van der Waals surface area contributed by atoms with Crippen LogP contribution in [-0.2, 0) is 0 Å². The zero-order valence-electron chi connectivity index (χ0n) is 7.46. The molecule has 0 unspecified atom stereocenters. The molecule has 1 aliphatic rings. The molecule has 0 fully saturated rings. The van der Waals surface area contributed by atoms with Gasteiger partial charge >= 0.3 is 0 Å². The summed E-state index contributed by atoms with van der Waals surface area (Å²) in [6.07, 6.45) is 1.65. The number of aldehydes is 1. The van der Waals surface area contributed by atoms with Gasteiger partial charge in [0.05, 0.1) is 13.2 Å². The van der Waals surface area contributed by atoms with E-state index in [4.69, 9.17) is 9.47 Å². The van der Waals surface area contributed by atoms with E-state index in [9.17, 15) is 4.79 Å². The minimum absolute atomic E-state index is 0.578.